The maximum absolute atomic E-state index is 12.2. The van der Waals surface area contributed by atoms with Gasteiger partial charge in [-0.05, 0) is 11.6 Å². The van der Waals surface area contributed by atoms with Gasteiger partial charge in [0.15, 0.2) is 0 Å². The molecule has 0 saturated carbocycles. The first-order chi connectivity index (χ1) is 5.65. The van der Waals surface area contributed by atoms with Crippen LogP contribution in [0.4, 0.5) is 14.6 Å². The predicted octanol–water partition coefficient (Wildman–Crippen LogP) is 1.06. The number of rotatable bonds is 2. The lowest BCUT2D eigenvalue weighted by Gasteiger charge is -2.04. The largest absolute Gasteiger partial charge is 0.383 e. The minimum atomic E-state index is -2.59. The van der Waals surface area contributed by atoms with Gasteiger partial charge in [0.05, 0.1) is 5.56 Å². The van der Waals surface area contributed by atoms with Gasteiger partial charge in [0, 0.05) is 12.7 Å². The molecule has 0 aromatic carbocycles. The van der Waals surface area contributed by atoms with Gasteiger partial charge < -0.3 is 11.5 Å². The van der Waals surface area contributed by atoms with Gasteiger partial charge in [-0.2, -0.15) is 0 Å². The van der Waals surface area contributed by atoms with Crippen molar-refractivity contribution in [3.63, 3.8) is 0 Å². The number of pyridine rings is 1. The molecule has 5 heteroatoms. The predicted molar refractivity (Wildman–Crippen MR) is 41.5 cm³/mol. The number of alkyl halides is 2. The van der Waals surface area contributed by atoms with Gasteiger partial charge in [0.1, 0.15) is 5.82 Å². The van der Waals surface area contributed by atoms with Crippen LogP contribution in [0.15, 0.2) is 12.3 Å². The average Bonchev–Trinajstić information content (AvgIpc) is 2.05. The first-order valence-corrected chi connectivity index (χ1v) is 3.37. The zero-order chi connectivity index (χ0) is 9.14. The molecule has 0 unspecified atom stereocenters. The summed E-state index contributed by atoms with van der Waals surface area (Å²) in [5.41, 5.74) is 10.8. The summed E-state index contributed by atoms with van der Waals surface area (Å²) >= 11 is 0. The van der Waals surface area contributed by atoms with Crippen LogP contribution in [0, 0.1) is 0 Å². The van der Waals surface area contributed by atoms with Crippen LogP contribution in [0.2, 0.25) is 0 Å². The van der Waals surface area contributed by atoms with Crippen LogP contribution in [0.5, 0.6) is 0 Å². The van der Waals surface area contributed by atoms with E-state index < -0.39 is 6.43 Å². The van der Waals surface area contributed by atoms with E-state index in [0.29, 0.717) is 5.56 Å². The number of hydrogen-bond donors (Lipinski definition) is 2. The van der Waals surface area contributed by atoms with Crippen molar-refractivity contribution in [2.45, 2.75) is 13.0 Å². The molecule has 0 aliphatic carbocycles. The monoisotopic (exact) mass is 173 g/mol. The van der Waals surface area contributed by atoms with E-state index in [1.54, 1.807) is 0 Å². The normalized spacial score (nSPS) is 10.7. The molecule has 12 heavy (non-hydrogen) atoms. The fourth-order valence-corrected chi connectivity index (χ4v) is 0.824. The lowest BCUT2D eigenvalue weighted by atomic mass is 10.2. The Morgan fingerprint density at radius 1 is 1.50 bits per heavy atom. The van der Waals surface area contributed by atoms with Gasteiger partial charge in [-0.15, -0.1) is 0 Å². The van der Waals surface area contributed by atoms with Gasteiger partial charge in [0.25, 0.3) is 6.43 Å². The molecule has 1 aromatic heterocycles. The highest BCUT2D eigenvalue weighted by Crippen LogP contribution is 2.23. The lowest BCUT2D eigenvalue weighted by Crippen LogP contribution is -2.03. The van der Waals surface area contributed by atoms with Gasteiger partial charge in [-0.1, -0.05) is 0 Å². The summed E-state index contributed by atoms with van der Waals surface area (Å²) in [6.07, 6.45) is -1.20. The fourth-order valence-electron chi connectivity index (χ4n) is 0.824. The Hall–Kier alpha value is -1.23. The highest BCUT2D eigenvalue weighted by molar-refractivity contribution is 5.41. The molecule has 4 N–H and O–H groups in total. The number of nitrogen functional groups attached to an aromatic ring is 1. The molecule has 0 aliphatic rings. The van der Waals surface area contributed by atoms with Crippen molar-refractivity contribution in [3.8, 4) is 0 Å². The Balaban J connectivity index is 3.08. The Morgan fingerprint density at radius 2 is 2.17 bits per heavy atom. The van der Waals surface area contributed by atoms with Crippen molar-refractivity contribution in [2.24, 2.45) is 5.73 Å². The second-order valence-electron chi connectivity index (χ2n) is 2.32. The van der Waals surface area contributed by atoms with Crippen LogP contribution >= 0.6 is 0 Å². The summed E-state index contributed by atoms with van der Waals surface area (Å²) in [4.78, 5) is 3.59. The lowest BCUT2D eigenvalue weighted by molar-refractivity contribution is 0.152. The summed E-state index contributed by atoms with van der Waals surface area (Å²) < 4.78 is 24.4. The Kier molecular flexibility index (Phi) is 2.54. The Labute approximate surface area is 68.4 Å². The maximum atomic E-state index is 12.2. The summed E-state index contributed by atoms with van der Waals surface area (Å²) in [5.74, 6) is -0.137. The van der Waals surface area contributed by atoms with E-state index in [1.165, 1.54) is 12.3 Å². The molecule has 66 valence electrons. The summed E-state index contributed by atoms with van der Waals surface area (Å²) in [6.45, 7) is 0.188. The number of nitrogens with zero attached hydrogens (tertiary/aromatic N) is 1. The van der Waals surface area contributed by atoms with Crippen molar-refractivity contribution in [3.05, 3.63) is 23.4 Å². The third-order valence-electron chi connectivity index (χ3n) is 1.48. The first kappa shape index (κ1) is 8.86. The quantitative estimate of drug-likeness (QED) is 0.702. The highest BCUT2D eigenvalue weighted by Gasteiger charge is 2.12. The molecule has 0 atom stereocenters. The highest BCUT2D eigenvalue weighted by atomic mass is 19.3. The molecule has 0 bridgehead atoms. The zero-order valence-corrected chi connectivity index (χ0v) is 6.30. The minimum Gasteiger partial charge on any atom is -0.383 e. The molecule has 0 saturated heterocycles. The van der Waals surface area contributed by atoms with E-state index >= 15 is 0 Å². The number of nitrogens with two attached hydrogens (primary N) is 2. The summed E-state index contributed by atoms with van der Waals surface area (Å²) in [6, 6.07) is 1.27. The molecule has 0 radical (unpaired) electrons. The van der Waals surface area contributed by atoms with Crippen LogP contribution < -0.4 is 11.5 Å². The molecule has 1 aromatic rings. The van der Waals surface area contributed by atoms with Crippen LogP contribution in [0.1, 0.15) is 17.6 Å². The molecular weight excluding hydrogens is 164 g/mol. The van der Waals surface area contributed by atoms with Crippen molar-refractivity contribution < 1.29 is 8.78 Å². The molecule has 3 nitrogen and oxygen atoms in total. The smallest absolute Gasteiger partial charge is 0.267 e. The maximum Gasteiger partial charge on any atom is 0.267 e. The van der Waals surface area contributed by atoms with E-state index in [0.717, 1.165) is 0 Å². The topological polar surface area (TPSA) is 64.9 Å². The van der Waals surface area contributed by atoms with Crippen molar-refractivity contribution >= 4 is 5.82 Å². The van der Waals surface area contributed by atoms with E-state index in [2.05, 4.69) is 4.98 Å². The molecule has 0 aliphatic heterocycles. The molecule has 0 fully saturated rings. The third kappa shape index (κ3) is 1.68. The average molecular weight is 173 g/mol. The van der Waals surface area contributed by atoms with Crippen molar-refractivity contribution in [2.75, 3.05) is 5.73 Å². The molecule has 1 heterocycles. The number of halogens is 2. The van der Waals surface area contributed by atoms with Gasteiger partial charge in [0.2, 0.25) is 0 Å². The second kappa shape index (κ2) is 3.44. The third-order valence-corrected chi connectivity index (χ3v) is 1.48. The van der Waals surface area contributed by atoms with E-state index in [9.17, 15) is 8.78 Å². The summed E-state index contributed by atoms with van der Waals surface area (Å²) in [5, 5.41) is 0. The molecule has 1 rings (SSSR count). The zero-order valence-electron chi connectivity index (χ0n) is 6.30. The van der Waals surface area contributed by atoms with Crippen molar-refractivity contribution in [1.82, 2.24) is 4.98 Å². The van der Waals surface area contributed by atoms with Crippen LogP contribution in [-0.4, -0.2) is 4.98 Å². The van der Waals surface area contributed by atoms with Crippen LogP contribution in [0.3, 0.4) is 0 Å². The standard InChI is InChI=1S/C7H9F2N3/c8-6(9)5-1-4(2-10)3-12-7(5)11/h1,3,6H,2,10H2,(H2,11,12). The van der Waals surface area contributed by atoms with Gasteiger partial charge in [-0.3, -0.25) is 0 Å². The second-order valence-corrected chi connectivity index (χ2v) is 2.32. The molecule has 0 spiro atoms. The first-order valence-electron chi connectivity index (χ1n) is 3.37. The van der Waals surface area contributed by atoms with Crippen LogP contribution in [-0.2, 0) is 6.54 Å². The van der Waals surface area contributed by atoms with E-state index in [4.69, 9.17) is 11.5 Å². The molecular formula is C7H9F2N3. The number of hydrogen-bond acceptors (Lipinski definition) is 3. The molecule has 0 amide bonds. The van der Waals surface area contributed by atoms with Crippen LogP contribution in [0.25, 0.3) is 0 Å². The minimum absolute atomic E-state index is 0.137. The SMILES string of the molecule is NCc1cnc(N)c(C(F)F)c1. The Morgan fingerprint density at radius 3 is 2.67 bits per heavy atom. The number of aromatic nitrogens is 1. The summed E-state index contributed by atoms with van der Waals surface area (Å²) in [7, 11) is 0. The fraction of sp³-hybridized carbons (Fsp3) is 0.286. The van der Waals surface area contributed by atoms with Gasteiger partial charge in [-0.25, -0.2) is 13.8 Å². The Bertz CT molecular complexity index is 275. The van der Waals surface area contributed by atoms with E-state index in [1.807, 2.05) is 0 Å². The number of anilines is 1. The van der Waals surface area contributed by atoms with Crippen molar-refractivity contribution in [1.29, 1.82) is 0 Å². The van der Waals surface area contributed by atoms with E-state index in [-0.39, 0.29) is 17.9 Å². The van der Waals surface area contributed by atoms with Gasteiger partial charge >= 0.3 is 0 Å².